The summed E-state index contributed by atoms with van der Waals surface area (Å²) in [6.45, 7) is 7.82. The third kappa shape index (κ3) is 4.84. The van der Waals surface area contributed by atoms with Gasteiger partial charge < -0.3 is 24.4 Å². The minimum Gasteiger partial charge on any atom is -0.497 e. The van der Waals surface area contributed by atoms with Gasteiger partial charge in [-0.3, -0.25) is 19.3 Å². The zero-order chi connectivity index (χ0) is 23.8. The van der Waals surface area contributed by atoms with Gasteiger partial charge in [-0.25, -0.2) is 0 Å². The van der Waals surface area contributed by atoms with Crippen molar-refractivity contribution in [3.8, 4) is 5.75 Å². The van der Waals surface area contributed by atoms with E-state index < -0.39 is 11.4 Å². The van der Waals surface area contributed by atoms with Crippen molar-refractivity contribution in [3.05, 3.63) is 29.8 Å². The van der Waals surface area contributed by atoms with Crippen LogP contribution >= 0.6 is 0 Å². The number of aliphatic carboxylic acids is 1. The molecule has 1 N–H and O–H groups in total. The molecule has 1 unspecified atom stereocenters. The van der Waals surface area contributed by atoms with E-state index in [1.807, 2.05) is 18.7 Å². The number of rotatable bonds is 6. The van der Waals surface area contributed by atoms with Crippen molar-refractivity contribution in [2.75, 3.05) is 53.0 Å². The molecule has 1 aromatic carbocycles. The van der Waals surface area contributed by atoms with E-state index >= 15 is 0 Å². The van der Waals surface area contributed by atoms with Crippen LogP contribution in [0, 0.1) is 5.41 Å². The number of fused-ring (bicyclic) bond motifs is 2. The van der Waals surface area contributed by atoms with E-state index in [4.69, 9.17) is 14.6 Å². The van der Waals surface area contributed by atoms with E-state index in [2.05, 4.69) is 4.90 Å². The molecule has 0 saturated carbocycles. The molecular weight excluding hydrogens is 426 g/mol. The molecule has 3 fully saturated rings. The summed E-state index contributed by atoms with van der Waals surface area (Å²) in [6.07, 6.45) is 0.143. The molecule has 2 amide bonds. The van der Waals surface area contributed by atoms with Crippen LogP contribution in [0.2, 0.25) is 0 Å². The molecule has 0 aromatic heterocycles. The van der Waals surface area contributed by atoms with Crippen molar-refractivity contribution in [1.29, 1.82) is 0 Å². The first-order valence-corrected chi connectivity index (χ1v) is 11.4. The monoisotopic (exact) mass is 459 g/mol. The highest BCUT2D eigenvalue weighted by molar-refractivity contribution is 5.94. The van der Waals surface area contributed by atoms with Gasteiger partial charge in [0, 0.05) is 44.7 Å². The zero-order valence-corrected chi connectivity index (χ0v) is 19.6. The Balaban J connectivity index is 1.47. The number of benzene rings is 1. The molecule has 0 radical (unpaired) electrons. The van der Waals surface area contributed by atoms with Crippen LogP contribution in [0.1, 0.15) is 37.0 Å². The summed E-state index contributed by atoms with van der Waals surface area (Å²) in [4.78, 5) is 43.4. The Morgan fingerprint density at radius 3 is 2.42 bits per heavy atom. The lowest BCUT2D eigenvalue weighted by molar-refractivity contribution is -0.174. The van der Waals surface area contributed by atoms with Gasteiger partial charge in [-0.1, -0.05) is 13.8 Å². The lowest BCUT2D eigenvalue weighted by Crippen LogP contribution is -2.81. The highest BCUT2D eigenvalue weighted by Gasteiger charge is 2.56. The van der Waals surface area contributed by atoms with Crippen LogP contribution in [0.4, 0.5) is 0 Å². The molecule has 3 saturated heterocycles. The molecule has 0 bridgehead atoms. The van der Waals surface area contributed by atoms with E-state index in [-0.39, 0.29) is 36.2 Å². The Bertz CT molecular complexity index is 909. The fourth-order valence-electron chi connectivity index (χ4n) is 5.38. The number of hydrogen-bond acceptors (Lipinski definition) is 6. The molecule has 1 atom stereocenters. The number of likely N-dealkylation sites (tertiary alicyclic amines) is 1. The van der Waals surface area contributed by atoms with Gasteiger partial charge in [-0.15, -0.1) is 0 Å². The summed E-state index contributed by atoms with van der Waals surface area (Å²) < 4.78 is 10.9. The number of amides is 2. The second-order valence-corrected chi connectivity index (χ2v) is 10.2. The molecule has 3 aliphatic rings. The summed E-state index contributed by atoms with van der Waals surface area (Å²) in [7, 11) is 1.59. The number of carbonyl (C=O) groups excluding carboxylic acids is 2. The standard InChI is InChI=1S/C24H33N3O6/c1-23(2,11-21(29)30)10-20(28)26-15-24(16-26)14-25(12-18-13-33-9-8-27(18)24)22(31)17-4-6-19(32-3)7-5-17/h4-7,18H,8-16H2,1-3H3,(H,29,30). The zero-order valence-electron chi connectivity index (χ0n) is 19.6. The lowest BCUT2D eigenvalue weighted by Gasteiger charge is -2.63. The Morgan fingerprint density at radius 1 is 1.12 bits per heavy atom. The molecule has 9 heteroatoms. The molecule has 1 aromatic rings. The van der Waals surface area contributed by atoms with Gasteiger partial charge in [0.1, 0.15) is 5.75 Å². The Kier molecular flexibility index (Phi) is 6.37. The van der Waals surface area contributed by atoms with Crippen LogP contribution in [0.25, 0.3) is 0 Å². The van der Waals surface area contributed by atoms with Crippen LogP contribution in [0.5, 0.6) is 5.75 Å². The average molecular weight is 460 g/mol. The Labute approximate surface area is 194 Å². The Morgan fingerprint density at radius 2 is 1.79 bits per heavy atom. The number of nitrogens with zero attached hydrogens (tertiary/aromatic N) is 3. The van der Waals surface area contributed by atoms with Crippen molar-refractivity contribution < 1.29 is 29.0 Å². The van der Waals surface area contributed by atoms with Crippen molar-refractivity contribution in [3.63, 3.8) is 0 Å². The maximum Gasteiger partial charge on any atom is 0.303 e. The number of carboxylic acids is 1. The number of morpholine rings is 1. The van der Waals surface area contributed by atoms with Crippen molar-refractivity contribution in [2.24, 2.45) is 5.41 Å². The van der Waals surface area contributed by atoms with E-state index in [0.717, 1.165) is 6.54 Å². The van der Waals surface area contributed by atoms with E-state index in [0.29, 0.717) is 50.7 Å². The van der Waals surface area contributed by atoms with Crippen LogP contribution < -0.4 is 4.74 Å². The number of carboxylic acid groups (broad SMARTS) is 1. The van der Waals surface area contributed by atoms with E-state index in [9.17, 15) is 14.4 Å². The molecule has 4 rings (SSSR count). The van der Waals surface area contributed by atoms with Gasteiger partial charge in [0.2, 0.25) is 5.91 Å². The van der Waals surface area contributed by atoms with Gasteiger partial charge in [0.05, 0.1) is 38.3 Å². The largest absolute Gasteiger partial charge is 0.497 e. The summed E-state index contributed by atoms with van der Waals surface area (Å²) in [6, 6.07) is 7.21. The van der Waals surface area contributed by atoms with E-state index in [1.165, 1.54) is 0 Å². The molecular formula is C24H33N3O6. The van der Waals surface area contributed by atoms with Crippen molar-refractivity contribution in [2.45, 2.75) is 38.3 Å². The van der Waals surface area contributed by atoms with Crippen molar-refractivity contribution >= 4 is 17.8 Å². The number of hydrogen-bond donors (Lipinski definition) is 1. The topological polar surface area (TPSA) is 99.6 Å². The second-order valence-electron chi connectivity index (χ2n) is 10.2. The summed E-state index contributed by atoms with van der Waals surface area (Å²) in [5, 5.41) is 9.12. The normalized spacial score (nSPS) is 22.5. The van der Waals surface area contributed by atoms with Gasteiger partial charge in [-0.05, 0) is 29.7 Å². The predicted molar refractivity (Wildman–Crippen MR) is 120 cm³/mol. The third-order valence-electron chi connectivity index (χ3n) is 6.96. The Hall–Kier alpha value is -2.65. The number of methoxy groups -OCH3 is 1. The first-order chi connectivity index (χ1) is 15.6. The molecule has 9 nitrogen and oxygen atoms in total. The smallest absolute Gasteiger partial charge is 0.303 e. The highest BCUT2D eigenvalue weighted by Crippen LogP contribution is 2.38. The lowest BCUT2D eigenvalue weighted by atomic mass is 9.80. The first kappa shape index (κ1) is 23.5. The van der Waals surface area contributed by atoms with Crippen LogP contribution in [0.15, 0.2) is 24.3 Å². The molecule has 0 aliphatic carbocycles. The molecule has 180 valence electrons. The SMILES string of the molecule is COc1ccc(C(=O)N2CC3COCCN3C3(CN(C(=O)CC(C)(C)CC(=O)O)C3)C2)cc1. The maximum absolute atomic E-state index is 13.3. The molecule has 3 aliphatic heterocycles. The fraction of sp³-hybridized carbons (Fsp3) is 0.625. The second kappa shape index (κ2) is 8.95. The summed E-state index contributed by atoms with van der Waals surface area (Å²) >= 11 is 0. The maximum atomic E-state index is 13.3. The van der Waals surface area contributed by atoms with Crippen LogP contribution in [-0.2, 0) is 14.3 Å². The van der Waals surface area contributed by atoms with Gasteiger partial charge >= 0.3 is 5.97 Å². The third-order valence-corrected chi connectivity index (χ3v) is 6.96. The van der Waals surface area contributed by atoms with Crippen LogP contribution in [0.3, 0.4) is 0 Å². The number of carbonyl (C=O) groups is 3. The number of ether oxygens (including phenoxy) is 2. The number of piperazine rings is 1. The predicted octanol–water partition coefficient (Wildman–Crippen LogP) is 1.32. The summed E-state index contributed by atoms with van der Waals surface area (Å²) in [5.41, 5.74) is -0.281. The summed E-state index contributed by atoms with van der Waals surface area (Å²) in [5.74, 6) is -0.263. The quantitative estimate of drug-likeness (QED) is 0.685. The molecule has 1 spiro atoms. The van der Waals surface area contributed by atoms with Crippen molar-refractivity contribution in [1.82, 2.24) is 14.7 Å². The van der Waals surface area contributed by atoms with E-state index in [1.54, 1.807) is 36.3 Å². The van der Waals surface area contributed by atoms with Gasteiger partial charge in [0.25, 0.3) is 5.91 Å². The molecule has 33 heavy (non-hydrogen) atoms. The molecule has 3 heterocycles. The first-order valence-electron chi connectivity index (χ1n) is 11.4. The van der Waals surface area contributed by atoms with Gasteiger partial charge in [0.15, 0.2) is 0 Å². The highest BCUT2D eigenvalue weighted by atomic mass is 16.5. The minimum atomic E-state index is -0.899. The average Bonchev–Trinajstić information content (AvgIpc) is 2.74. The fourth-order valence-corrected chi connectivity index (χ4v) is 5.38. The van der Waals surface area contributed by atoms with Crippen LogP contribution in [-0.4, -0.2) is 102 Å². The minimum absolute atomic E-state index is 0.0321. The van der Waals surface area contributed by atoms with Gasteiger partial charge in [-0.2, -0.15) is 0 Å².